The topological polar surface area (TPSA) is 64.3 Å². The van der Waals surface area contributed by atoms with E-state index >= 15 is 0 Å². The van der Waals surface area contributed by atoms with Gasteiger partial charge < -0.3 is 15.8 Å². The fourth-order valence-corrected chi connectivity index (χ4v) is 1.02. The fraction of sp³-hybridized carbons (Fsp3) is 0.909. The fourth-order valence-electron chi connectivity index (χ4n) is 1.02. The van der Waals surface area contributed by atoms with E-state index in [-0.39, 0.29) is 17.9 Å². The van der Waals surface area contributed by atoms with Gasteiger partial charge in [-0.1, -0.05) is 13.8 Å². The molecule has 15 heavy (non-hydrogen) atoms. The molecular formula is C11H24N2O2. The summed E-state index contributed by atoms with van der Waals surface area (Å²) in [6, 6.07) is -0.406. The third-order valence-electron chi connectivity index (χ3n) is 2.09. The van der Waals surface area contributed by atoms with Crippen LogP contribution in [0.5, 0.6) is 0 Å². The Morgan fingerprint density at radius 1 is 1.33 bits per heavy atom. The number of amides is 1. The number of nitrogens with one attached hydrogen (secondary N) is 1. The first-order valence-corrected chi connectivity index (χ1v) is 5.60. The maximum Gasteiger partial charge on any atom is 0.237 e. The van der Waals surface area contributed by atoms with Crippen molar-refractivity contribution in [2.45, 2.75) is 46.3 Å². The van der Waals surface area contributed by atoms with Crippen LogP contribution in [0.2, 0.25) is 0 Å². The first kappa shape index (κ1) is 14.4. The largest absolute Gasteiger partial charge is 0.379 e. The Balaban J connectivity index is 3.47. The standard InChI is InChI=1S/C11H24N2O2/c1-8(2)10(12)11(14)13-6-5-7-15-9(3)4/h8-10H,5-7,12H2,1-4H3,(H,13,14). The lowest BCUT2D eigenvalue weighted by molar-refractivity contribution is -0.123. The Morgan fingerprint density at radius 2 is 1.93 bits per heavy atom. The molecule has 0 bridgehead atoms. The minimum Gasteiger partial charge on any atom is -0.379 e. The molecule has 0 spiro atoms. The highest BCUT2D eigenvalue weighted by molar-refractivity contribution is 5.81. The second kappa shape index (κ2) is 7.65. The van der Waals surface area contributed by atoms with Gasteiger partial charge in [-0.3, -0.25) is 4.79 Å². The summed E-state index contributed by atoms with van der Waals surface area (Å²) in [5, 5.41) is 2.79. The normalized spacial score (nSPS) is 13.3. The summed E-state index contributed by atoms with van der Waals surface area (Å²) in [7, 11) is 0. The van der Waals surface area contributed by atoms with Crippen molar-refractivity contribution in [3.63, 3.8) is 0 Å². The molecular weight excluding hydrogens is 192 g/mol. The van der Waals surface area contributed by atoms with Crippen LogP contribution in [0.25, 0.3) is 0 Å². The van der Waals surface area contributed by atoms with Gasteiger partial charge in [0.15, 0.2) is 0 Å². The van der Waals surface area contributed by atoms with Gasteiger partial charge in [-0.05, 0) is 26.2 Å². The molecule has 0 rings (SSSR count). The third kappa shape index (κ3) is 7.33. The SMILES string of the molecule is CC(C)OCCCNC(=O)C(N)C(C)C. The molecule has 0 fully saturated rings. The van der Waals surface area contributed by atoms with Crippen molar-refractivity contribution in [1.29, 1.82) is 0 Å². The third-order valence-corrected chi connectivity index (χ3v) is 2.09. The molecule has 4 heteroatoms. The molecule has 0 aromatic carbocycles. The van der Waals surface area contributed by atoms with E-state index in [9.17, 15) is 4.79 Å². The smallest absolute Gasteiger partial charge is 0.237 e. The summed E-state index contributed by atoms with van der Waals surface area (Å²) in [5.41, 5.74) is 5.68. The van der Waals surface area contributed by atoms with E-state index < -0.39 is 6.04 Å². The van der Waals surface area contributed by atoms with Gasteiger partial charge in [-0.15, -0.1) is 0 Å². The summed E-state index contributed by atoms with van der Waals surface area (Å²) >= 11 is 0. The number of rotatable bonds is 7. The highest BCUT2D eigenvalue weighted by Gasteiger charge is 2.15. The van der Waals surface area contributed by atoms with Crippen LogP contribution in [0.1, 0.15) is 34.1 Å². The molecule has 0 saturated carbocycles. The molecule has 1 atom stereocenters. The van der Waals surface area contributed by atoms with Gasteiger partial charge in [0.1, 0.15) is 0 Å². The Hall–Kier alpha value is -0.610. The van der Waals surface area contributed by atoms with Gasteiger partial charge in [-0.2, -0.15) is 0 Å². The van der Waals surface area contributed by atoms with E-state index in [1.807, 2.05) is 27.7 Å². The van der Waals surface area contributed by atoms with Crippen molar-refractivity contribution < 1.29 is 9.53 Å². The molecule has 0 aliphatic carbocycles. The van der Waals surface area contributed by atoms with Crippen LogP contribution < -0.4 is 11.1 Å². The zero-order valence-electron chi connectivity index (χ0n) is 10.2. The summed E-state index contributed by atoms with van der Waals surface area (Å²) in [6.07, 6.45) is 1.08. The predicted molar refractivity (Wildman–Crippen MR) is 61.5 cm³/mol. The molecule has 0 heterocycles. The Kier molecular flexibility index (Phi) is 7.34. The quantitative estimate of drug-likeness (QED) is 0.621. The van der Waals surface area contributed by atoms with E-state index in [2.05, 4.69) is 5.32 Å². The molecule has 90 valence electrons. The number of hydrogen-bond donors (Lipinski definition) is 2. The van der Waals surface area contributed by atoms with Gasteiger partial charge in [0.05, 0.1) is 12.1 Å². The van der Waals surface area contributed by atoms with Crippen molar-refractivity contribution >= 4 is 5.91 Å². The number of nitrogens with two attached hydrogens (primary N) is 1. The van der Waals surface area contributed by atoms with Gasteiger partial charge in [-0.25, -0.2) is 0 Å². The Bertz CT molecular complexity index is 181. The van der Waals surface area contributed by atoms with Gasteiger partial charge in [0.25, 0.3) is 0 Å². The molecule has 0 aliphatic heterocycles. The first-order chi connectivity index (χ1) is 6.95. The number of hydrogen-bond acceptors (Lipinski definition) is 3. The second-order valence-electron chi connectivity index (χ2n) is 4.33. The molecule has 3 N–H and O–H groups in total. The average molecular weight is 216 g/mol. The zero-order chi connectivity index (χ0) is 11.8. The molecule has 0 aliphatic rings. The maximum absolute atomic E-state index is 11.4. The van der Waals surface area contributed by atoms with Crippen molar-refractivity contribution in [1.82, 2.24) is 5.32 Å². The van der Waals surface area contributed by atoms with Crippen LogP contribution in [0, 0.1) is 5.92 Å². The van der Waals surface area contributed by atoms with E-state index in [4.69, 9.17) is 10.5 Å². The molecule has 1 amide bonds. The molecule has 0 saturated heterocycles. The summed E-state index contributed by atoms with van der Waals surface area (Å²) < 4.78 is 5.35. The highest BCUT2D eigenvalue weighted by Crippen LogP contribution is 1.97. The molecule has 0 aromatic rings. The van der Waals surface area contributed by atoms with E-state index in [1.54, 1.807) is 0 Å². The molecule has 0 aromatic heterocycles. The number of ether oxygens (including phenoxy) is 1. The number of carbonyl (C=O) groups excluding carboxylic acids is 1. The Labute approximate surface area is 92.6 Å². The lowest BCUT2D eigenvalue weighted by Crippen LogP contribution is -2.44. The van der Waals surface area contributed by atoms with Crippen molar-refractivity contribution in [3.05, 3.63) is 0 Å². The van der Waals surface area contributed by atoms with Crippen molar-refractivity contribution in [3.8, 4) is 0 Å². The lowest BCUT2D eigenvalue weighted by atomic mass is 10.1. The average Bonchev–Trinajstić information content (AvgIpc) is 2.15. The van der Waals surface area contributed by atoms with Gasteiger partial charge in [0.2, 0.25) is 5.91 Å². The monoisotopic (exact) mass is 216 g/mol. The zero-order valence-corrected chi connectivity index (χ0v) is 10.2. The predicted octanol–water partition coefficient (Wildman–Crippen LogP) is 0.901. The lowest BCUT2D eigenvalue weighted by Gasteiger charge is -2.15. The van der Waals surface area contributed by atoms with Gasteiger partial charge >= 0.3 is 0 Å². The highest BCUT2D eigenvalue weighted by atomic mass is 16.5. The van der Waals surface area contributed by atoms with Crippen LogP contribution in [-0.4, -0.2) is 31.2 Å². The van der Waals surface area contributed by atoms with Crippen LogP contribution >= 0.6 is 0 Å². The van der Waals surface area contributed by atoms with E-state index in [1.165, 1.54) is 0 Å². The van der Waals surface area contributed by atoms with Crippen molar-refractivity contribution in [2.75, 3.05) is 13.2 Å². The number of carbonyl (C=O) groups is 1. The Morgan fingerprint density at radius 3 is 2.40 bits per heavy atom. The van der Waals surface area contributed by atoms with E-state index in [0.717, 1.165) is 6.42 Å². The summed E-state index contributed by atoms with van der Waals surface area (Å²) in [4.78, 5) is 11.4. The van der Waals surface area contributed by atoms with Crippen LogP contribution in [0.15, 0.2) is 0 Å². The summed E-state index contributed by atoms with van der Waals surface area (Å²) in [6.45, 7) is 9.17. The molecule has 4 nitrogen and oxygen atoms in total. The van der Waals surface area contributed by atoms with Crippen LogP contribution in [0.4, 0.5) is 0 Å². The van der Waals surface area contributed by atoms with Crippen molar-refractivity contribution in [2.24, 2.45) is 11.7 Å². The summed E-state index contributed by atoms with van der Waals surface area (Å²) in [5.74, 6) is 0.103. The second-order valence-corrected chi connectivity index (χ2v) is 4.33. The van der Waals surface area contributed by atoms with E-state index in [0.29, 0.717) is 13.2 Å². The minimum absolute atomic E-state index is 0.0745. The first-order valence-electron chi connectivity index (χ1n) is 5.60. The minimum atomic E-state index is -0.406. The molecule has 1 unspecified atom stereocenters. The van der Waals surface area contributed by atoms with Crippen LogP contribution in [-0.2, 0) is 9.53 Å². The molecule has 0 radical (unpaired) electrons. The van der Waals surface area contributed by atoms with Gasteiger partial charge in [0, 0.05) is 13.2 Å². The van der Waals surface area contributed by atoms with Crippen LogP contribution in [0.3, 0.4) is 0 Å². The maximum atomic E-state index is 11.4.